The molecule has 0 saturated carbocycles. The van der Waals surface area contributed by atoms with Crippen molar-refractivity contribution in [2.75, 3.05) is 7.11 Å². The van der Waals surface area contributed by atoms with E-state index in [1.54, 1.807) is 31.4 Å². The number of carbonyl (C=O) groups is 1. The average molecular weight is 416 g/mol. The Morgan fingerprint density at radius 2 is 1.67 bits per heavy atom. The number of methoxy groups -OCH3 is 1. The molecule has 0 atom stereocenters. The summed E-state index contributed by atoms with van der Waals surface area (Å²) in [5, 5.41) is 9.04. The van der Waals surface area contributed by atoms with Crippen molar-refractivity contribution in [3.63, 3.8) is 0 Å². The van der Waals surface area contributed by atoms with Crippen LogP contribution in [-0.2, 0) is 0 Å². The molecule has 0 aliphatic rings. The lowest BCUT2D eigenvalue weighted by molar-refractivity contribution is 0.0696. The van der Waals surface area contributed by atoms with E-state index in [-0.39, 0.29) is 5.56 Å². The summed E-state index contributed by atoms with van der Waals surface area (Å²) in [4.78, 5) is 11.0. The Kier molecular flexibility index (Phi) is 4.90. The predicted molar refractivity (Wildman–Crippen MR) is 86.6 cm³/mol. The monoisotopic (exact) mass is 414 g/mol. The Labute approximate surface area is 139 Å². The number of halogens is 2. The molecule has 0 amide bonds. The van der Waals surface area contributed by atoms with Gasteiger partial charge in [0.05, 0.1) is 21.6 Å². The third kappa shape index (κ3) is 3.57. The zero-order chi connectivity index (χ0) is 15.6. The molecule has 0 aliphatic carbocycles. The van der Waals surface area contributed by atoms with Crippen molar-refractivity contribution in [2.24, 2.45) is 0 Å². The highest BCUT2D eigenvalue weighted by Crippen LogP contribution is 2.38. The average Bonchev–Trinajstić information content (AvgIpc) is 2.44. The molecule has 110 valence electrons. The van der Waals surface area contributed by atoms with Gasteiger partial charge in [-0.3, -0.25) is 0 Å². The van der Waals surface area contributed by atoms with Crippen LogP contribution in [0.2, 0.25) is 0 Å². The first-order valence-electron chi connectivity index (χ1n) is 5.97. The maximum Gasteiger partial charge on any atom is 0.335 e. The Balaban J connectivity index is 2.40. The molecule has 0 saturated heterocycles. The highest BCUT2D eigenvalue weighted by Gasteiger charge is 2.12. The molecule has 0 spiro atoms. The van der Waals surface area contributed by atoms with Gasteiger partial charge in [0.15, 0.2) is 0 Å². The lowest BCUT2D eigenvalue weighted by Crippen LogP contribution is -1.98. The van der Waals surface area contributed by atoms with Crippen molar-refractivity contribution >= 4 is 37.8 Å². The smallest absolute Gasteiger partial charge is 0.335 e. The van der Waals surface area contributed by atoms with Crippen LogP contribution in [0.4, 0.5) is 0 Å². The maximum atomic E-state index is 11.0. The molecular weight excluding hydrogens is 404 g/mol. The van der Waals surface area contributed by atoms with Crippen LogP contribution in [0.25, 0.3) is 0 Å². The van der Waals surface area contributed by atoms with E-state index in [0.717, 1.165) is 10.0 Å². The largest absolute Gasteiger partial charge is 0.496 e. The quantitative estimate of drug-likeness (QED) is 0.761. The van der Waals surface area contributed by atoms with E-state index in [9.17, 15) is 4.79 Å². The minimum Gasteiger partial charge on any atom is -0.496 e. The predicted octanol–water partition coefficient (Wildman–Crippen LogP) is 5.02. The van der Waals surface area contributed by atoms with Gasteiger partial charge in [0.25, 0.3) is 0 Å². The first-order valence-corrected chi connectivity index (χ1v) is 7.56. The van der Waals surface area contributed by atoms with Gasteiger partial charge < -0.3 is 14.6 Å². The summed E-state index contributed by atoms with van der Waals surface area (Å²) < 4.78 is 12.5. The van der Waals surface area contributed by atoms with Crippen molar-refractivity contribution in [1.82, 2.24) is 0 Å². The van der Waals surface area contributed by atoms with Crippen LogP contribution >= 0.6 is 31.9 Å². The van der Waals surface area contributed by atoms with Crippen molar-refractivity contribution in [1.29, 1.82) is 0 Å². The standard InChI is InChI=1S/C15H12Br2O4/c1-8-3-4-9(15(18)19)5-12(8)21-14-7-10(16)13(20-2)6-11(14)17/h3-7H,1-2H3,(H,18,19). The SMILES string of the molecule is COc1cc(Br)c(Oc2cc(C(=O)O)ccc2C)cc1Br. The van der Waals surface area contributed by atoms with Crippen LogP contribution in [0.3, 0.4) is 0 Å². The number of hydrogen-bond donors (Lipinski definition) is 1. The van der Waals surface area contributed by atoms with Gasteiger partial charge in [-0.25, -0.2) is 4.79 Å². The summed E-state index contributed by atoms with van der Waals surface area (Å²) in [5.41, 5.74) is 1.03. The summed E-state index contributed by atoms with van der Waals surface area (Å²) in [6, 6.07) is 8.29. The Hall–Kier alpha value is -1.53. The number of hydrogen-bond acceptors (Lipinski definition) is 3. The molecular formula is C15H12Br2O4. The van der Waals surface area contributed by atoms with Crippen LogP contribution in [0.1, 0.15) is 15.9 Å². The van der Waals surface area contributed by atoms with E-state index < -0.39 is 5.97 Å². The van der Waals surface area contributed by atoms with Gasteiger partial charge in [0.1, 0.15) is 17.2 Å². The number of rotatable bonds is 4. The maximum absolute atomic E-state index is 11.0. The van der Waals surface area contributed by atoms with E-state index in [2.05, 4.69) is 31.9 Å². The molecule has 2 aromatic carbocycles. The molecule has 2 rings (SSSR count). The highest BCUT2D eigenvalue weighted by molar-refractivity contribution is 9.11. The van der Waals surface area contributed by atoms with Gasteiger partial charge in [-0.1, -0.05) is 6.07 Å². The number of carboxylic acids is 1. The molecule has 0 aliphatic heterocycles. The summed E-state index contributed by atoms with van der Waals surface area (Å²) >= 11 is 6.80. The number of aromatic carboxylic acids is 1. The van der Waals surface area contributed by atoms with Crippen molar-refractivity contribution in [2.45, 2.75) is 6.92 Å². The fraction of sp³-hybridized carbons (Fsp3) is 0.133. The van der Waals surface area contributed by atoms with Gasteiger partial charge in [-0.05, 0) is 68.6 Å². The molecule has 4 nitrogen and oxygen atoms in total. The lowest BCUT2D eigenvalue weighted by Gasteiger charge is -2.13. The second-order valence-electron chi connectivity index (χ2n) is 4.30. The molecule has 2 aromatic rings. The highest BCUT2D eigenvalue weighted by atomic mass is 79.9. The van der Waals surface area contributed by atoms with Gasteiger partial charge in [0, 0.05) is 0 Å². The zero-order valence-corrected chi connectivity index (χ0v) is 14.5. The summed E-state index contributed by atoms with van der Waals surface area (Å²) in [6.07, 6.45) is 0. The van der Waals surface area contributed by atoms with E-state index in [0.29, 0.717) is 21.7 Å². The Morgan fingerprint density at radius 1 is 1.05 bits per heavy atom. The van der Waals surface area contributed by atoms with Crippen LogP contribution in [-0.4, -0.2) is 18.2 Å². The molecule has 0 fully saturated rings. The van der Waals surface area contributed by atoms with Gasteiger partial charge in [-0.2, -0.15) is 0 Å². The van der Waals surface area contributed by atoms with E-state index in [1.807, 2.05) is 6.92 Å². The van der Waals surface area contributed by atoms with Crippen LogP contribution < -0.4 is 9.47 Å². The molecule has 1 N–H and O–H groups in total. The summed E-state index contributed by atoms with van der Waals surface area (Å²) in [5.74, 6) is 0.737. The Bertz CT molecular complexity index is 698. The van der Waals surface area contributed by atoms with Crippen LogP contribution in [0.5, 0.6) is 17.2 Å². The third-order valence-electron chi connectivity index (χ3n) is 2.86. The number of benzene rings is 2. The van der Waals surface area contributed by atoms with Crippen molar-refractivity contribution < 1.29 is 19.4 Å². The zero-order valence-electron chi connectivity index (χ0n) is 11.3. The number of aryl methyl sites for hydroxylation is 1. The van der Waals surface area contributed by atoms with E-state index in [4.69, 9.17) is 14.6 Å². The van der Waals surface area contributed by atoms with E-state index >= 15 is 0 Å². The Morgan fingerprint density at radius 3 is 2.29 bits per heavy atom. The molecule has 0 bridgehead atoms. The third-order valence-corrected chi connectivity index (χ3v) is 4.10. The van der Waals surface area contributed by atoms with Gasteiger partial charge in [-0.15, -0.1) is 0 Å². The number of carboxylic acid groups (broad SMARTS) is 1. The molecule has 21 heavy (non-hydrogen) atoms. The second kappa shape index (κ2) is 6.49. The van der Waals surface area contributed by atoms with Crippen LogP contribution in [0.15, 0.2) is 39.3 Å². The molecule has 6 heteroatoms. The molecule has 0 heterocycles. The lowest BCUT2D eigenvalue weighted by atomic mass is 10.1. The van der Waals surface area contributed by atoms with E-state index in [1.165, 1.54) is 6.07 Å². The first-order chi connectivity index (χ1) is 9.92. The molecule has 0 radical (unpaired) electrons. The number of ether oxygens (including phenoxy) is 2. The minimum atomic E-state index is -0.991. The normalized spacial score (nSPS) is 10.3. The minimum absolute atomic E-state index is 0.180. The summed E-state index contributed by atoms with van der Waals surface area (Å²) in [6.45, 7) is 1.85. The van der Waals surface area contributed by atoms with Gasteiger partial charge in [0.2, 0.25) is 0 Å². The van der Waals surface area contributed by atoms with Crippen LogP contribution in [0, 0.1) is 6.92 Å². The van der Waals surface area contributed by atoms with Crippen molar-refractivity contribution in [3.05, 3.63) is 50.4 Å². The first kappa shape index (κ1) is 15.9. The second-order valence-corrected chi connectivity index (χ2v) is 6.01. The fourth-order valence-corrected chi connectivity index (χ4v) is 2.59. The molecule has 0 unspecified atom stereocenters. The topological polar surface area (TPSA) is 55.8 Å². The summed E-state index contributed by atoms with van der Waals surface area (Å²) in [7, 11) is 1.58. The van der Waals surface area contributed by atoms with Crippen molar-refractivity contribution in [3.8, 4) is 17.2 Å². The molecule has 0 aromatic heterocycles. The fourth-order valence-electron chi connectivity index (χ4n) is 1.71. The van der Waals surface area contributed by atoms with Gasteiger partial charge >= 0.3 is 5.97 Å².